The Kier molecular flexibility index (Phi) is 6.95. The lowest BCUT2D eigenvalue weighted by atomic mass is 10.2. The highest BCUT2D eigenvalue weighted by Crippen LogP contribution is 2.19. The molecule has 0 unspecified atom stereocenters. The van der Waals surface area contributed by atoms with E-state index in [0.717, 1.165) is 6.54 Å². The summed E-state index contributed by atoms with van der Waals surface area (Å²) in [5.74, 6) is 0.353. The molecule has 4 nitrogen and oxygen atoms in total. The van der Waals surface area contributed by atoms with E-state index < -0.39 is 9.84 Å². The van der Waals surface area contributed by atoms with Crippen molar-refractivity contribution in [1.82, 2.24) is 5.32 Å². The molecule has 0 aliphatic heterocycles. The fraction of sp³-hybridized carbons (Fsp3) is 0.571. The van der Waals surface area contributed by atoms with E-state index in [1.807, 2.05) is 13.8 Å². The van der Waals surface area contributed by atoms with Crippen molar-refractivity contribution in [2.24, 2.45) is 0 Å². The van der Waals surface area contributed by atoms with Crippen LogP contribution in [0.4, 0.5) is 4.39 Å². The summed E-state index contributed by atoms with van der Waals surface area (Å²) in [6.45, 7) is 5.13. The molecule has 6 heteroatoms. The maximum absolute atomic E-state index is 13.2. The van der Waals surface area contributed by atoms with Gasteiger partial charge in [-0.25, -0.2) is 12.8 Å². The number of hydrogen-bond acceptors (Lipinski definition) is 4. The zero-order valence-corrected chi connectivity index (χ0v) is 12.8. The number of halogens is 1. The van der Waals surface area contributed by atoms with Crippen LogP contribution in [0.2, 0.25) is 0 Å². The van der Waals surface area contributed by atoms with E-state index in [1.54, 1.807) is 0 Å². The molecule has 0 aromatic heterocycles. The summed E-state index contributed by atoms with van der Waals surface area (Å²) < 4.78 is 41.9. The highest BCUT2D eigenvalue weighted by atomic mass is 32.2. The highest BCUT2D eigenvalue weighted by molar-refractivity contribution is 7.91. The third-order valence-corrected chi connectivity index (χ3v) is 4.57. The van der Waals surface area contributed by atoms with E-state index in [1.165, 1.54) is 18.2 Å². The minimum atomic E-state index is -3.05. The molecule has 0 heterocycles. The van der Waals surface area contributed by atoms with E-state index in [9.17, 15) is 12.8 Å². The van der Waals surface area contributed by atoms with Crippen molar-refractivity contribution in [1.29, 1.82) is 0 Å². The summed E-state index contributed by atoms with van der Waals surface area (Å²) in [7, 11) is -3.05. The largest absolute Gasteiger partial charge is 0.492 e. The molecule has 0 amide bonds. The molecule has 0 bridgehead atoms. The second-order valence-corrected chi connectivity index (χ2v) is 6.84. The predicted molar refractivity (Wildman–Crippen MR) is 78.2 cm³/mol. The van der Waals surface area contributed by atoms with Crippen molar-refractivity contribution in [2.75, 3.05) is 24.7 Å². The van der Waals surface area contributed by atoms with E-state index in [4.69, 9.17) is 4.74 Å². The Morgan fingerprint density at radius 2 is 2.00 bits per heavy atom. The van der Waals surface area contributed by atoms with Gasteiger partial charge in [0.1, 0.15) is 18.2 Å². The Morgan fingerprint density at radius 1 is 1.25 bits per heavy atom. The number of ether oxygens (including phenoxy) is 1. The molecular weight excluding hydrogens is 281 g/mol. The summed E-state index contributed by atoms with van der Waals surface area (Å²) in [5.41, 5.74) is 0.694. The summed E-state index contributed by atoms with van der Waals surface area (Å²) >= 11 is 0. The van der Waals surface area contributed by atoms with E-state index in [0.29, 0.717) is 24.3 Å². The smallest absolute Gasteiger partial charge is 0.153 e. The molecule has 1 aromatic rings. The normalized spacial score (nSPS) is 11.6. The van der Waals surface area contributed by atoms with Crippen molar-refractivity contribution in [3.05, 3.63) is 29.6 Å². The van der Waals surface area contributed by atoms with E-state index in [2.05, 4.69) is 5.32 Å². The van der Waals surface area contributed by atoms with Crippen molar-refractivity contribution < 1.29 is 17.5 Å². The van der Waals surface area contributed by atoms with Crippen LogP contribution in [0.15, 0.2) is 18.2 Å². The summed E-state index contributed by atoms with van der Waals surface area (Å²) in [5, 5.41) is 3.09. The van der Waals surface area contributed by atoms with Crippen LogP contribution in [0.5, 0.6) is 5.75 Å². The molecule has 114 valence electrons. The van der Waals surface area contributed by atoms with Gasteiger partial charge in [-0.05, 0) is 31.2 Å². The van der Waals surface area contributed by atoms with Gasteiger partial charge in [-0.2, -0.15) is 0 Å². The molecule has 1 N–H and O–H groups in total. The summed E-state index contributed by atoms with van der Waals surface area (Å²) in [4.78, 5) is 0. The minimum absolute atomic E-state index is 0.0150. The molecule has 0 radical (unpaired) electrons. The monoisotopic (exact) mass is 303 g/mol. The lowest BCUT2D eigenvalue weighted by Crippen LogP contribution is -2.18. The summed E-state index contributed by atoms with van der Waals surface area (Å²) in [6.07, 6.45) is 0.602. The van der Waals surface area contributed by atoms with Crippen LogP contribution in [0.25, 0.3) is 0 Å². The van der Waals surface area contributed by atoms with Gasteiger partial charge in [-0.1, -0.05) is 13.8 Å². The first-order valence-electron chi connectivity index (χ1n) is 6.81. The second-order valence-electron chi connectivity index (χ2n) is 4.53. The Hall–Kier alpha value is -1.14. The van der Waals surface area contributed by atoms with Crippen LogP contribution in [-0.4, -0.2) is 33.1 Å². The number of nitrogens with one attached hydrogen (secondary N) is 1. The van der Waals surface area contributed by atoms with Crippen LogP contribution in [0.3, 0.4) is 0 Å². The Balaban J connectivity index is 2.63. The first kappa shape index (κ1) is 16.9. The number of hydrogen-bond donors (Lipinski definition) is 1. The number of benzene rings is 1. The predicted octanol–water partition coefficient (Wildman–Crippen LogP) is 2.14. The van der Waals surface area contributed by atoms with Gasteiger partial charge in [0.15, 0.2) is 9.84 Å². The first-order chi connectivity index (χ1) is 9.48. The van der Waals surface area contributed by atoms with E-state index in [-0.39, 0.29) is 23.9 Å². The first-order valence-corrected chi connectivity index (χ1v) is 8.63. The second kappa shape index (κ2) is 8.21. The molecule has 0 saturated carbocycles. The molecule has 0 saturated heterocycles. The quantitative estimate of drug-likeness (QED) is 0.759. The minimum Gasteiger partial charge on any atom is -0.492 e. The summed E-state index contributed by atoms with van der Waals surface area (Å²) in [6, 6.07) is 4.25. The van der Waals surface area contributed by atoms with Crippen LogP contribution in [0.1, 0.15) is 25.8 Å². The zero-order valence-electron chi connectivity index (χ0n) is 12.0. The average Bonchev–Trinajstić information content (AvgIpc) is 2.38. The third kappa shape index (κ3) is 5.88. The van der Waals surface area contributed by atoms with Crippen LogP contribution < -0.4 is 10.1 Å². The van der Waals surface area contributed by atoms with Crippen LogP contribution in [-0.2, 0) is 16.4 Å². The fourth-order valence-corrected chi connectivity index (χ4v) is 2.94. The lowest BCUT2D eigenvalue weighted by Gasteiger charge is -2.12. The molecule has 1 aromatic carbocycles. The Labute approximate surface area is 120 Å². The van der Waals surface area contributed by atoms with Crippen LogP contribution >= 0.6 is 0 Å². The van der Waals surface area contributed by atoms with Gasteiger partial charge in [0.05, 0.1) is 11.5 Å². The van der Waals surface area contributed by atoms with Crippen LogP contribution in [0, 0.1) is 5.82 Å². The molecule has 0 fully saturated rings. The lowest BCUT2D eigenvalue weighted by molar-refractivity contribution is 0.335. The van der Waals surface area contributed by atoms with Gasteiger partial charge in [0.25, 0.3) is 0 Å². The molecule has 0 aliphatic rings. The van der Waals surface area contributed by atoms with Crippen molar-refractivity contribution in [3.63, 3.8) is 0 Å². The van der Waals surface area contributed by atoms with E-state index >= 15 is 0 Å². The van der Waals surface area contributed by atoms with Gasteiger partial charge in [-0.3, -0.25) is 0 Å². The van der Waals surface area contributed by atoms with Gasteiger partial charge in [0, 0.05) is 12.1 Å². The molecule has 0 spiro atoms. The molecule has 0 aliphatic carbocycles. The highest BCUT2D eigenvalue weighted by Gasteiger charge is 2.11. The van der Waals surface area contributed by atoms with Gasteiger partial charge in [0.2, 0.25) is 0 Å². The maximum Gasteiger partial charge on any atom is 0.153 e. The molecule has 20 heavy (non-hydrogen) atoms. The molecular formula is C14H22FNO3S. The topological polar surface area (TPSA) is 55.4 Å². The van der Waals surface area contributed by atoms with Gasteiger partial charge in [-0.15, -0.1) is 0 Å². The molecule has 0 atom stereocenters. The van der Waals surface area contributed by atoms with Crippen molar-refractivity contribution in [3.8, 4) is 5.75 Å². The Morgan fingerprint density at radius 3 is 2.65 bits per heavy atom. The third-order valence-electron chi connectivity index (χ3n) is 2.76. The number of rotatable bonds is 9. The standard InChI is InChI=1S/C14H22FNO3S/c1-3-8-20(17,18)9-7-19-14-6-5-13(15)10-12(14)11-16-4-2/h5-6,10,16H,3-4,7-9,11H2,1-2H3. The van der Waals surface area contributed by atoms with Crippen molar-refractivity contribution >= 4 is 9.84 Å². The Bertz CT molecular complexity index is 517. The molecule has 1 rings (SSSR count). The van der Waals surface area contributed by atoms with Gasteiger partial charge < -0.3 is 10.1 Å². The van der Waals surface area contributed by atoms with Crippen molar-refractivity contribution in [2.45, 2.75) is 26.8 Å². The number of sulfone groups is 1. The maximum atomic E-state index is 13.2. The van der Waals surface area contributed by atoms with Gasteiger partial charge >= 0.3 is 0 Å². The fourth-order valence-electron chi connectivity index (χ4n) is 1.78. The average molecular weight is 303 g/mol. The SMILES string of the molecule is CCCS(=O)(=O)CCOc1ccc(F)cc1CNCC. The zero-order chi connectivity index (χ0) is 15.0.